The van der Waals surface area contributed by atoms with E-state index in [1.165, 1.54) is 16.7 Å². The Morgan fingerprint density at radius 2 is 2.20 bits per heavy atom. The molecule has 0 saturated carbocycles. The first-order valence-electron chi connectivity index (χ1n) is 5.41. The van der Waals surface area contributed by atoms with E-state index in [2.05, 4.69) is 30.4 Å². The van der Waals surface area contributed by atoms with E-state index in [-0.39, 0.29) is 0 Å². The topological polar surface area (TPSA) is 47.3 Å². The van der Waals surface area contributed by atoms with Gasteiger partial charge in [0.25, 0.3) is 0 Å². The number of nitrogens with one attached hydrogen (secondary N) is 1. The van der Waals surface area contributed by atoms with Crippen molar-refractivity contribution in [2.45, 2.75) is 32.7 Å². The standard InChI is InChI=1S/C12H18N2O/c1-9(5-13)14-6-10-2-3-11-7-15-8-12(11)4-10/h2-4,9,14H,5-8,13H2,1H3. The zero-order valence-corrected chi connectivity index (χ0v) is 9.12. The van der Waals surface area contributed by atoms with Gasteiger partial charge in [0.2, 0.25) is 0 Å². The van der Waals surface area contributed by atoms with Crippen molar-refractivity contribution < 1.29 is 4.74 Å². The Morgan fingerprint density at radius 1 is 1.40 bits per heavy atom. The minimum atomic E-state index is 0.370. The lowest BCUT2D eigenvalue weighted by molar-refractivity contribution is 0.134. The van der Waals surface area contributed by atoms with Crippen molar-refractivity contribution >= 4 is 0 Å². The monoisotopic (exact) mass is 206 g/mol. The van der Waals surface area contributed by atoms with Crippen LogP contribution in [0.1, 0.15) is 23.6 Å². The molecule has 0 bridgehead atoms. The van der Waals surface area contributed by atoms with Crippen LogP contribution in [0.4, 0.5) is 0 Å². The van der Waals surface area contributed by atoms with Gasteiger partial charge >= 0.3 is 0 Å². The third-order valence-corrected chi connectivity index (χ3v) is 2.79. The Labute approximate surface area is 90.6 Å². The van der Waals surface area contributed by atoms with Crippen molar-refractivity contribution in [1.29, 1.82) is 0 Å². The Balaban J connectivity index is 1.98. The summed E-state index contributed by atoms with van der Waals surface area (Å²) in [7, 11) is 0. The van der Waals surface area contributed by atoms with Crippen molar-refractivity contribution in [1.82, 2.24) is 5.32 Å². The SMILES string of the molecule is CC(CN)NCc1ccc2c(c1)COC2. The summed E-state index contributed by atoms with van der Waals surface area (Å²) >= 11 is 0. The lowest BCUT2D eigenvalue weighted by atomic mass is 10.1. The first-order chi connectivity index (χ1) is 7.29. The van der Waals surface area contributed by atoms with E-state index in [1.807, 2.05) is 0 Å². The second-order valence-electron chi connectivity index (χ2n) is 4.11. The highest BCUT2D eigenvalue weighted by Gasteiger charge is 2.11. The molecule has 1 aliphatic heterocycles. The average Bonchev–Trinajstić information content (AvgIpc) is 2.72. The van der Waals surface area contributed by atoms with Crippen molar-refractivity contribution in [3.63, 3.8) is 0 Å². The molecule has 82 valence electrons. The van der Waals surface area contributed by atoms with Crippen LogP contribution in [0.3, 0.4) is 0 Å². The fourth-order valence-corrected chi connectivity index (χ4v) is 1.71. The highest BCUT2D eigenvalue weighted by atomic mass is 16.5. The molecule has 1 unspecified atom stereocenters. The molecular weight excluding hydrogens is 188 g/mol. The highest BCUT2D eigenvalue weighted by Crippen LogP contribution is 2.20. The minimum Gasteiger partial charge on any atom is -0.372 e. The maximum atomic E-state index is 5.54. The zero-order valence-electron chi connectivity index (χ0n) is 9.12. The quantitative estimate of drug-likeness (QED) is 0.777. The van der Waals surface area contributed by atoms with Crippen LogP contribution >= 0.6 is 0 Å². The number of nitrogens with two attached hydrogens (primary N) is 1. The predicted octanol–water partition coefficient (Wildman–Crippen LogP) is 1.15. The second kappa shape index (κ2) is 4.75. The van der Waals surface area contributed by atoms with Gasteiger partial charge in [-0.05, 0) is 23.6 Å². The van der Waals surface area contributed by atoms with Gasteiger partial charge in [-0.3, -0.25) is 0 Å². The smallest absolute Gasteiger partial charge is 0.0725 e. The lowest BCUT2D eigenvalue weighted by Crippen LogP contribution is -2.32. The molecular formula is C12H18N2O. The molecule has 2 rings (SSSR count). The molecule has 1 aromatic carbocycles. The van der Waals surface area contributed by atoms with Crippen molar-refractivity contribution in [2.75, 3.05) is 6.54 Å². The molecule has 3 heteroatoms. The Morgan fingerprint density at radius 3 is 3.00 bits per heavy atom. The highest BCUT2D eigenvalue weighted by molar-refractivity contribution is 5.33. The van der Waals surface area contributed by atoms with Crippen molar-refractivity contribution in [2.24, 2.45) is 5.73 Å². The molecule has 0 amide bonds. The molecule has 0 saturated heterocycles. The molecule has 1 aromatic rings. The number of ether oxygens (including phenoxy) is 1. The van der Waals surface area contributed by atoms with Gasteiger partial charge in [0.1, 0.15) is 0 Å². The normalized spacial score (nSPS) is 16.4. The molecule has 0 spiro atoms. The van der Waals surface area contributed by atoms with Crippen molar-refractivity contribution in [3.8, 4) is 0 Å². The summed E-state index contributed by atoms with van der Waals surface area (Å²) in [4.78, 5) is 0. The van der Waals surface area contributed by atoms with Gasteiger partial charge < -0.3 is 15.8 Å². The number of hydrogen-bond donors (Lipinski definition) is 2. The first-order valence-corrected chi connectivity index (χ1v) is 5.41. The second-order valence-corrected chi connectivity index (χ2v) is 4.11. The van der Waals surface area contributed by atoms with Crippen LogP contribution in [0.2, 0.25) is 0 Å². The number of hydrogen-bond acceptors (Lipinski definition) is 3. The Hall–Kier alpha value is -0.900. The Kier molecular flexibility index (Phi) is 3.36. The fourth-order valence-electron chi connectivity index (χ4n) is 1.71. The molecule has 0 radical (unpaired) electrons. The van der Waals surface area contributed by atoms with E-state index < -0.39 is 0 Å². The van der Waals surface area contributed by atoms with Crippen LogP contribution in [0.15, 0.2) is 18.2 Å². The first kappa shape index (κ1) is 10.6. The van der Waals surface area contributed by atoms with Crippen LogP contribution in [-0.4, -0.2) is 12.6 Å². The molecule has 15 heavy (non-hydrogen) atoms. The third-order valence-electron chi connectivity index (χ3n) is 2.79. The van der Waals surface area contributed by atoms with Gasteiger partial charge in [-0.2, -0.15) is 0 Å². The van der Waals surface area contributed by atoms with E-state index in [4.69, 9.17) is 10.5 Å². The van der Waals surface area contributed by atoms with Crippen LogP contribution in [-0.2, 0) is 24.5 Å². The lowest BCUT2D eigenvalue weighted by Gasteiger charge is -2.11. The van der Waals surface area contributed by atoms with Gasteiger partial charge in [-0.15, -0.1) is 0 Å². The average molecular weight is 206 g/mol. The summed E-state index contributed by atoms with van der Waals surface area (Å²) in [6, 6.07) is 6.91. The van der Waals surface area contributed by atoms with E-state index in [0.717, 1.165) is 19.8 Å². The van der Waals surface area contributed by atoms with Crippen LogP contribution < -0.4 is 11.1 Å². The summed E-state index contributed by atoms with van der Waals surface area (Å²) in [6.45, 7) is 5.17. The Bertz CT molecular complexity index is 338. The molecule has 3 nitrogen and oxygen atoms in total. The fraction of sp³-hybridized carbons (Fsp3) is 0.500. The maximum absolute atomic E-state index is 5.54. The van der Waals surface area contributed by atoms with E-state index in [0.29, 0.717) is 12.6 Å². The predicted molar refractivity (Wildman–Crippen MR) is 60.3 cm³/mol. The molecule has 0 aromatic heterocycles. The molecule has 1 aliphatic rings. The molecule has 0 fully saturated rings. The van der Waals surface area contributed by atoms with Gasteiger partial charge in [-0.25, -0.2) is 0 Å². The van der Waals surface area contributed by atoms with Crippen LogP contribution in [0, 0.1) is 0 Å². The molecule has 1 heterocycles. The summed E-state index contributed by atoms with van der Waals surface area (Å²) in [5.41, 5.74) is 9.50. The van der Waals surface area contributed by atoms with Gasteiger partial charge in [0, 0.05) is 19.1 Å². The minimum absolute atomic E-state index is 0.370. The molecule has 3 N–H and O–H groups in total. The number of fused-ring (bicyclic) bond motifs is 1. The summed E-state index contributed by atoms with van der Waals surface area (Å²) in [5.74, 6) is 0. The maximum Gasteiger partial charge on any atom is 0.0725 e. The third kappa shape index (κ3) is 2.56. The molecule has 0 aliphatic carbocycles. The summed E-state index contributed by atoms with van der Waals surface area (Å²) in [6.07, 6.45) is 0. The van der Waals surface area contributed by atoms with Gasteiger partial charge in [-0.1, -0.05) is 18.2 Å². The number of rotatable bonds is 4. The van der Waals surface area contributed by atoms with E-state index >= 15 is 0 Å². The van der Waals surface area contributed by atoms with Crippen LogP contribution in [0.25, 0.3) is 0 Å². The van der Waals surface area contributed by atoms with Crippen LogP contribution in [0.5, 0.6) is 0 Å². The van der Waals surface area contributed by atoms with E-state index in [9.17, 15) is 0 Å². The van der Waals surface area contributed by atoms with Gasteiger partial charge in [0.15, 0.2) is 0 Å². The zero-order chi connectivity index (χ0) is 10.7. The van der Waals surface area contributed by atoms with Gasteiger partial charge in [0.05, 0.1) is 13.2 Å². The van der Waals surface area contributed by atoms with Crippen molar-refractivity contribution in [3.05, 3.63) is 34.9 Å². The summed E-state index contributed by atoms with van der Waals surface area (Å²) < 4.78 is 5.38. The van der Waals surface area contributed by atoms with E-state index in [1.54, 1.807) is 0 Å². The number of benzene rings is 1. The summed E-state index contributed by atoms with van der Waals surface area (Å²) in [5, 5.41) is 3.37. The molecule has 1 atom stereocenters. The largest absolute Gasteiger partial charge is 0.372 e.